The van der Waals surface area contributed by atoms with Crippen LogP contribution in [0.2, 0.25) is 0 Å². The molecular formula is C16H26BrN3O. The summed E-state index contributed by atoms with van der Waals surface area (Å²) < 4.78 is 3.00. The minimum Gasteiger partial charge on any atom is -0.343 e. The molecule has 1 fully saturated rings. The maximum atomic E-state index is 12.9. The Hall–Kier alpha value is -0.810. The molecule has 1 amide bonds. The summed E-state index contributed by atoms with van der Waals surface area (Å²) in [5.41, 5.74) is 0.793. The van der Waals surface area contributed by atoms with E-state index < -0.39 is 0 Å². The summed E-state index contributed by atoms with van der Waals surface area (Å²) in [6, 6.07) is 1.94. The summed E-state index contributed by atoms with van der Waals surface area (Å²) in [7, 11) is 0. The fourth-order valence-electron chi connectivity index (χ4n) is 3.01. The van der Waals surface area contributed by atoms with Crippen molar-refractivity contribution in [3.8, 4) is 0 Å². The Morgan fingerprint density at radius 3 is 2.95 bits per heavy atom. The van der Waals surface area contributed by atoms with E-state index in [4.69, 9.17) is 0 Å². The number of halogens is 1. The number of piperidine rings is 1. The molecule has 0 aromatic carbocycles. The fraction of sp³-hybridized carbons (Fsp3) is 0.688. The van der Waals surface area contributed by atoms with Gasteiger partial charge in [-0.15, -0.1) is 0 Å². The van der Waals surface area contributed by atoms with E-state index in [-0.39, 0.29) is 5.91 Å². The van der Waals surface area contributed by atoms with Crippen LogP contribution in [0.5, 0.6) is 0 Å². The first-order chi connectivity index (χ1) is 10.2. The van der Waals surface area contributed by atoms with Crippen LogP contribution in [0.1, 0.15) is 43.6 Å². The number of hydrogen-bond acceptors (Lipinski definition) is 2. The average Bonchev–Trinajstić information content (AvgIpc) is 2.88. The summed E-state index contributed by atoms with van der Waals surface area (Å²) in [4.78, 5) is 14.9. The Bertz CT molecular complexity index is 466. The zero-order valence-electron chi connectivity index (χ0n) is 13.1. The number of nitrogens with one attached hydrogen (secondary N) is 1. The first kappa shape index (κ1) is 16.6. The average molecular weight is 356 g/mol. The zero-order valence-corrected chi connectivity index (χ0v) is 14.7. The summed E-state index contributed by atoms with van der Waals surface area (Å²) in [6.45, 7) is 8.87. The van der Waals surface area contributed by atoms with Crippen LogP contribution in [0.3, 0.4) is 0 Å². The number of hydrogen-bond donors (Lipinski definition) is 1. The van der Waals surface area contributed by atoms with Gasteiger partial charge >= 0.3 is 0 Å². The summed E-state index contributed by atoms with van der Waals surface area (Å²) in [5, 5.41) is 3.44. The highest BCUT2D eigenvalue weighted by molar-refractivity contribution is 9.10. The molecular weight excluding hydrogens is 330 g/mol. The van der Waals surface area contributed by atoms with Gasteiger partial charge in [-0.25, -0.2) is 0 Å². The number of nitrogens with zero attached hydrogens (tertiary/aromatic N) is 2. The van der Waals surface area contributed by atoms with Gasteiger partial charge in [-0.2, -0.15) is 0 Å². The van der Waals surface area contributed by atoms with Gasteiger partial charge in [-0.05, 0) is 67.2 Å². The molecule has 1 aliphatic heterocycles. The molecule has 0 aliphatic carbocycles. The molecule has 1 saturated heterocycles. The highest BCUT2D eigenvalue weighted by atomic mass is 79.9. The highest BCUT2D eigenvalue weighted by Crippen LogP contribution is 2.19. The van der Waals surface area contributed by atoms with Crippen molar-refractivity contribution in [2.75, 3.05) is 26.2 Å². The Balaban J connectivity index is 2.10. The molecule has 0 spiro atoms. The van der Waals surface area contributed by atoms with Crippen LogP contribution in [-0.2, 0) is 6.54 Å². The molecule has 1 unspecified atom stereocenters. The van der Waals surface area contributed by atoms with Crippen LogP contribution in [0.15, 0.2) is 16.7 Å². The predicted octanol–water partition coefficient (Wildman–Crippen LogP) is 3.12. The molecule has 21 heavy (non-hydrogen) atoms. The van der Waals surface area contributed by atoms with Gasteiger partial charge in [-0.3, -0.25) is 4.79 Å². The minimum atomic E-state index is 0.162. The lowest BCUT2D eigenvalue weighted by molar-refractivity contribution is 0.0708. The molecule has 1 N–H and O–H groups in total. The second-order valence-electron chi connectivity index (χ2n) is 5.79. The van der Waals surface area contributed by atoms with Gasteiger partial charge in [0.25, 0.3) is 5.91 Å². The van der Waals surface area contributed by atoms with Gasteiger partial charge in [0, 0.05) is 30.3 Å². The largest absolute Gasteiger partial charge is 0.343 e. The number of carbonyl (C=O) groups is 1. The van der Waals surface area contributed by atoms with Gasteiger partial charge in [0.1, 0.15) is 5.69 Å². The lowest BCUT2D eigenvalue weighted by atomic mass is 9.99. The minimum absolute atomic E-state index is 0.162. The number of aryl methyl sites for hydroxylation is 1. The molecule has 1 aromatic rings. The van der Waals surface area contributed by atoms with Crippen LogP contribution in [-0.4, -0.2) is 41.6 Å². The lowest BCUT2D eigenvalue weighted by Gasteiger charge is -2.30. The summed E-state index contributed by atoms with van der Waals surface area (Å²) in [6.07, 6.45) is 5.42. The molecule has 0 radical (unpaired) electrons. The van der Waals surface area contributed by atoms with Gasteiger partial charge in [0.05, 0.1) is 0 Å². The van der Waals surface area contributed by atoms with Crippen molar-refractivity contribution in [1.29, 1.82) is 0 Å². The van der Waals surface area contributed by atoms with Gasteiger partial charge < -0.3 is 14.8 Å². The van der Waals surface area contributed by atoms with E-state index in [0.717, 1.165) is 49.3 Å². The smallest absolute Gasteiger partial charge is 0.270 e. The first-order valence-electron chi connectivity index (χ1n) is 8.01. The molecule has 5 heteroatoms. The standard InChI is InChI=1S/C16H26BrN3O/c1-3-8-20(11-13-6-5-7-18-10-13)16(21)15-9-14(17)12-19(15)4-2/h9,12-13,18H,3-8,10-11H2,1-2H3. The van der Waals surface area contributed by atoms with E-state index in [2.05, 4.69) is 35.1 Å². The first-order valence-corrected chi connectivity index (χ1v) is 8.80. The maximum absolute atomic E-state index is 12.9. The van der Waals surface area contributed by atoms with E-state index >= 15 is 0 Å². The Morgan fingerprint density at radius 2 is 2.33 bits per heavy atom. The van der Waals surface area contributed by atoms with Crippen LogP contribution in [0.25, 0.3) is 0 Å². The summed E-state index contributed by atoms with van der Waals surface area (Å²) in [5.74, 6) is 0.748. The molecule has 0 bridgehead atoms. The van der Waals surface area contributed by atoms with Crippen molar-refractivity contribution >= 4 is 21.8 Å². The maximum Gasteiger partial charge on any atom is 0.270 e. The zero-order chi connectivity index (χ0) is 15.2. The summed E-state index contributed by atoms with van der Waals surface area (Å²) >= 11 is 3.48. The number of amides is 1. The second kappa shape index (κ2) is 7.99. The third-order valence-electron chi connectivity index (χ3n) is 4.08. The van der Waals surface area contributed by atoms with Gasteiger partial charge in [0.2, 0.25) is 0 Å². The Labute approximate surface area is 136 Å². The van der Waals surface area contributed by atoms with Crippen molar-refractivity contribution in [3.63, 3.8) is 0 Å². The van der Waals surface area contributed by atoms with E-state index in [1.165, 1.54) is 12.8 Å². The molecule has 0 saturated carbocycles. The third-order valence-corrected chi connectivity index (χ3v) is 4.51. The molecule has 1 atom stereocenters. The molecule has 1 aromatic heterocycles. The van der Waals surface area contributed by atoms with Crippen LogP contribution in [0.4, 0.5) is 0 Å². The Morgan fingerprint density at radius 1 is 1.52 bits per heavy atom. The van der Waals surface area contributed by atoms with Gasteiger partial charge in [0.15, 0.2) is 0 Å². The SMILES string of the molecule is CCCN(CC1CCCNC1)C(=O)c1cc(Br)cn1CC. The monoisotopic (exact) mass is 355 g/mol. The van der Waals surface area contributed by atoms with E-state index in [1.54, 1.807) is 0 Å². The lowest BCUT2D eigenvalue weighted by Crippen LogP contribution is -2.41. The number of rotatable bonds is 6. The Kier molecular flexibility index (Phi) is 6.30. The van der Waals surface area contributed by atoms with Crippen molar-refractivity contribution in [2.24, 2.45) is 5.92 Å². The normalized spacial score (nSPS) is 18.7. The highest BCUT2D eigenvalue weighted by Gasteiger charge is 2.23. The van der Waals surface area contributed by atoms with E-state index in [9.17, 15) is 4.79 Å². The molecule has 118 valence electrons. The van der Waals surface area contributed by atoms with Crippen LogP contribution < -0.4 is 5.32 Å². The fourth-order valence-corrected chi connectivity index (χ4v) is 3.48. The second-order valence-corrected chi connectivity index (χ2v) is 6.71. The van der Waals surface area contributed by atoms with Gasteiger partial charge in [-0.1, -0.05) is 6.92 Å². The number of aromatic nitrogens is 1. The third kappa shape index (κ3) is 4.33. The predicted molar refractivity (Wildman–Crippen MR) is 89.6 cm³/mol. The van der Waals surface area contributed by atoms with E-state index in [1.807, 2.05) is 21.7 Å². The van der Waals surface area contributed by atoms with Crippen molar-refractivity contribution in [3.05, 3.63) is 22.4 Å². The topological polar surface area (TPSA) is 37.3 Å². The van der Waals surface area contributed by atoms with Crippen molar-refractivity contribution in [1.82, 2.24) is 14.8 Å². The van der Waals surface area contributed by atoms with Crippen molar-refractivity contribution < 1.29 is 4.79 Å². The van der Waals surface area contributed by atoms with Crippen LogP contribution in [0, 0.1) is 5.92 Å². The van der Waals surface area contributed by atoms with Crippen LogP contribution >= 0.6 is 15.9 Å². The van der Waals surface area contributed by atoms with E-state index in [0.29, 0.717) is 5.92 Å². The van der Waals surface area contributed by atoms with Crippen molar-refractivity contribution in [2.45, 2.75) is 39.7 Å². The molecule has 4 nitrogen and oxygen atoms in total. The molecule has 1 aliphatic rings. The quantitative estimate of drug-likeness (QED) is 0.850. The number of carbonyl (C=O) groups excluding carboxylic acids is 1. The molecule has 2 rings (SSSR count). The molecule has 2 heterocycles.